The molecular formula is C20H20F3N5O3. The smallest absolute Gasteiger partial charge is 0.410 e. The number of ether oxygens (including phenoxy) is 2. The predicted octanol–water partition coefficient (Wildman–Crippen LogP) is 3.78. The molecule has 164 valence electrons. The number of carbonyl (C=O) groups excluding carboxylic acids is 1. The number of methoxy groups -OCH3 is 1. The number of alkyl halides is 3. The van der Waals surface area contributed by atoms with Crippen LogP contribution in [0.3, 0.4) is 0 Å². The molecule has 1 N–H and O–H groups in total. The van der Waals surface area contributed by atoms with Crippen LogP contribution < -0.4 is 10.1 Å². The fraction of sp³-hybridized carbons (Fsp3) is 0.300. The number of hydrogen-bond acceptors (Lipinski definition) is 6. The number of carbonyl (C=O) groups is 1. The van der Waals surface area contributed by atoms with E-state index in [-0.39, 0.29) is 24.1 Å². The SMILES string of the molecule is COCC(C)NC(=O)Oc1cc(-c2ccc(C)cc2)cc(-n2nnnc2C(F)(F)F)c1. The normalized spacial score (nSPS) is 12.5. The Kier molecular flexibility index (Phi) is 6.54. The highest BCUT2D eigenvalue weighted by atomic mass is 19.4. The maximum absolute atomic E-state index is 13.3. The van der Waals surface area contributed by atoms with E-state index in [9.17, 15) is 18.0 Å². The van der Waals surface area contributed by atoms with Crippen molar-refractivity contribution >= 4 is 6.09 Å². The summed E-state index contributed by atoms with van der Waals surface area (Å²) < 4.78 is 50.7. The molecule has 0 bridgehead atoms. The summed E-state index contributed by atoms with van der Waals surface area (Å²) in [6, 6.07) is 11.3. The molecule has 1 unspecified atom stereocenters. The van der Waals surface area contributed by atoms with Crippen molar-refractivity contribution in [1.82, 2.24) is 25.5 Å². The number of tetrazole rings is 1. The van der Waals surface area contributed by atoms with Crippen molar-refractivity contribution < 1.29 is 27.4 Å². The molecule has 11 heteroatoms. The minimum atomic E-state index is -4.77. The van der Waals surface area contributed by atoms with Crippen LogP contribution in [0, 0.1) is 6.92 Å². The van der Waals surface area contributed by atoms with Gasteiger partial charge in [-0.1, -0.05) is 29.8 Å². The summed E-state index contributed by atoms with van der Waals surface area (Å²) in [6.45, 7) is 3.90. The molecule has 0 aliphatic carbocycles. The van der Waals surface area contributed by atoms with Crippen LogP contribution in [0.1, 0.15) is 18.3 Å². The average molecular weight is 435 g/mol. The van der Waals surface area contributed by atoms with Crippen LogP contribution in [-0.4, -0.2) is 46.1 Å². The molecule has 2 aromatic carbocycles. The maximum Gasteiger partial charge on any atom is 0.453 e. The van der Waals surface area contributed by atoms with Crippen LogP contribution in [0.2, 0.25) is 0 Å². The standard InChI is InChI=1S/C20H20F3N5O3/c1-12-4-6-14(7-5-12)15-8-16(28-18(20(21,22)23)25-26-27-28)10-17(9-15)31-19(29)24-13(2)11-30-3/h4-10,13H,11H2,1-3H3,(H,24,29). The third-order valence-corrected chi connectivity index (χ3v) is 4.24. The largest absolute Gasteiger partial charge is 0.453 e. The molecule has 1 amide bonds. The molecular weight excluding hydrogens is 415 g/mol. The van der Waals surface area contributed by atoms with Crippen molar-refractivity contribution in [2.24, 2.45) is 0 Å². The highest BCUT2D eigenvalue weighted by Crippen LogP contribution is 2.32. The lowest BCUT2D eigenvalue weighted by molar-refractivity contribution is -0.146. The van der Waals surface area contributed by atoms with Crippen LogP contribution in [0.25, 0.3) is 16.8 Å². The predicted molar refractivity (Wildman–Crippen MR) is 105 cm³/mol. The molecule has 0 radical (unpaired) electrons. The third kappa shape index (κ3) is 5.57. The molecule has 0 aliphatic heterocycles. The number of halogens is 3. The van der Waals surface area contributed by atoms with E-state index in [2.05, 4.69) is 20.8 Å². The van der Waals surface area contributed by atoms with E-state index < -0.39 is 18.1 Å². The van der Waals surface area contributed by atoms with Crippen molar-refractivity contribution in [1.29, 1.82) is 0 Å². The van der Waals surface area contributed by atoms with E-state index in [1.807, 2.05) is 31.2 Å². The number of nitrogens with one attached hydrogen (secondary N) is 1. The lowest BCUT2D eigenvalue weighted by atomic mass is 10.0. The summed E-state index contributed by atoms with van der Waals surface area (Å²) in [5.41, 5.74) is 2.24. The van der Waals surface area contributed by atoms with Crippen molar-refractivity contribution in [3.8, 4) is 22.6 Å². The first kappa shape index (κ1) is 22.2. The van der Waals surface area contributed by atoms with Gasteiger partial charge in [-0.15, -0.1) is 5.10 Å². The number of benzene rings is 2. The van der Waals surface area contributed by atoms with Gasteiger partial charge < -0.3 is 14.8 Å². The van der Waals surface area contributed by atoms with Gasteiger partial charge in [0.2, 0.25) is 0 Å². The Morgan fingerprint density at radius 1 is 1.16 bits per heavy atom. The highest BCUT2D eigenvalue weighted by Gasteiger charge is 2.38. The Bertz CT molecular complexity index is 1050. The van der Waals surface area contributed by atoms with E-state index in [0.29, 0.717) is 15.8 Å². The Hall–Kier alpha value is -3.47. The first-order valence-electron chi connectivity index (χ1n) is 9.22. The summed E-state index contributed by atoms with van der Waals surface area (Å²) in [7, 11) is 1.49. The number of aromatic nitrogens is 4. The van der Waals surface area contributed by atoms with Crippen LogP contribution in [0.5, 0.6) is 5.75 Å². The zero-order valence-electron chi connectivity index (χ0n) is 17.0. The van der Waals surface area contributed by atoms with Gasteiger partial charge in [0, 0.05) is 13.2 Å². The molecule has 0 spiro atoms. The van der Waals surface area contributed by atoms with Gasteiger partial charge in [0.25, 0.3) is 5.82 Å². The van der Waals surface area contributed by atoms with Gasteiger partial charge in [-0.25, -0.2) is 4.79 Å². The van der Waals surface area contributed by atoms with Crippen LogP contribution >= 0.6 is 0 Å². The Labute approximate surface area is 176 Å². The first-order chi connectivity index (χ1) is 14.7. The van der Waals surface area contributed by atoms with Gasteiger partial charge in [-0.05, 0) is 47.5 Å². The highest BCUT2D eigenvalue weighted by molar-refractivity contribution is 5.74. The maximum atomic E-state index is 13.3. The number of amides is 1. The number of hydrogen-bond donors (Lipinski definition) is 1. The van der Waals surface area contributed by atoms with E-state index in [1.165, 1.54) is 19.2 Å². The van der Waals surface area contributed by atoms with E-state index in [0.717, 1.165) is 5.56 Å². The average Bonchev–Trinajstić information content (AvgIpc) is 3.19. The summed E-state index contributed by atoms with van der Waals surface area (Å²) in [5.74, 6) is -1.27. The van der Waals surface area contributed by atoms with E-state index in [1.54, 1.807) is 13.0 Å². The zero-order valence-corrected chi connectivity index (χ0v) is 17.0. The van der Waals surface area contributed by atoms with E-state index in [4.69, 9.17) is 9.47 Å². The number of aryl methyl sites for hydroxylation is 1. The summed E-state index contributed by atoms with van der Waals surface area (Å²) in [4.78, 5) is 12.2. The lowest BCUT2D eigenvalue weighted by Crippen LogP contribution is -2.37. The number of nitrogens with zero attached hydrogens (tertiary/aromatic N) is 4. The third-order valence-electron chi connectivity index (χ3n) is 4.24. The second-order valence-corrected chi connectivity index (χ2v) is 6.88. The lowest BCUT2D eigenvalue weighted by Gasteiger charge is -2.15. The molecule has 1 aromatic heterocycles. The number of rotatable bonds is 6. The van der Waals surface area contributed by atoms with Gasteiger partial charge in [0.05, 0.1) is 18.3 Å². The Morgan fingerprint density at radius 3 is 2.52 bits per heavy atom. The minimum Gasteiger partial charge on any atom is -0.410 e. The van der Waals surface area contributed by atoms with E-state index >= 15 is 0 Å². The molecule has 0 saturated heterocycles. The fourth-order valence-corrected chi connectivity index (χ4v) is 2.84. The molecule has 3 rings (SSSR count). The van der Waals surface area contributed by atoms with Gasteiger partial charge in [-0.3, -0.25) is 0 Å². The molecule has 0 aliphatic rings. The second kappa shape index (κ2) is 9.13. The van der Waals surface area contributed by atoms with Crippen LogP contribution in [-0.2, 0) is 10.9 Å². The van der Waals surface area contributed by atoms with Crippen molar-refractivity contribution in [2.75, 3.05) is 13.7 Å². The van der Waals surface area contributed by atoms with Gasteiger partial charge in [0.15, 0.2) is 0 Å². The molecule has 3 aromatic rings. The molecule has 0 fully saturated rings. The quantitative estimate of drug-likeness (QED) is 0.634. The van der Waals surface area contributed by atoms with Gasteiger partial charge >= 0.3 is 12.3 Å². The summed E-state index contributed by atoms with van der Waals surface area (Å²) in [6.07, 6.45) is -5.54. The summed E-state index contributed by atoms with van der Waals surface area (Å²) >= 11 is 0. The van der Waals surface area contributed by atoms with Crippen molar-refractivity contribution in [2.45, 2.75) is 26.1 Å². The van der Waals surface area contributed by atoms with Crippen molar-refractivity contribution in [3.05, 3.63) is 53.9 Å². The van der Waals surface area contributed by atoms with Crippen LogP contribution in [0.4, 0.5) is 18.0 Å². The van der Waals surface area contributed by atoms with Gasteiger partial charge in [-0.2, -0.15) is 17.9 Å². The topological polar surface area (TPSA) is 91.2 Å². The molecule has 31 heavy (non-hydrogen) atoms. The molecule has 8 nitrogen and oxygen atoms in total. The summed E-state index contributed by atoms with van der Waals surface area (Å²) in [5, 5.41) is 12.2. The minimum absolute atomic E-state index is 0.0110. The first-order valence-corrected chi connectivity index (χ1v) is 9.22. The zero-order chi connectivity index (χ0) is 22.6. The van der Waals surface area contributed by atoms with Gasteiger partial charge in [0.1, 0.15) is 5.75 Å². The molecule has 0 saturated carbocycles. The molecule has 1 heterocycles. The fourth-order valence-electron chi connectivity index (χ4n) is 2.84. The molecule has 1 atom stereocenters. The Morgan fingerprint density at radius 2 is 1.87 bits per heavy atom. The van der Waals surface area contributed by atoms with Crippen LogP contribution in [0.15, 0.2) is 42.5 Å². The van der Waals surface area contributed by atoms with Crippen molar-refractivity contribution in [3.63, 3.8) is 0 Å². The second-order valence-electron chi connectivity index (χ2n) is 6.88. The Balaban J connectivity index is 2.02. The monoisotopic (exact) mass is 435 g/mol.